The average Bonchev–Trinajstić information content (AvgIpc) is 3.74. The van der Waals surface area contributed by atoms with Gasteiger partial charge in [-0.25, -0.2) is 4.98 Å². The molecule has 14 nitrogen and oxygen atoms in total. The summed E-state index contributed by atoms with van der Waals surface area (Å²) >= 11 is 15.6. The third kappa shape index (κ3) is 11.8. The highest BCUT2D eigenvalue weighted by Crippen LogP contribution is 2.42. The lowest BCUT2D eigenvalue weighted by molar-refractivity contribution is -0.117. The van der Waals surface area contributed by atoms with Gasteiger partial charge in [0.25, 0.3) is 0 Å². The van der Waals surface area contributed by atoms with Crippen molar-refractivity contribution in [3.63, 3.8) is 0 Å². The van der Waals surface area contributed by atoms with Crippen LogP contribution in [0, 0.1) is 65.2 Å². The number of anilines is 2. The number of carbonyl (C=O) groups excluding carboxylic acids is 2. The second-order valence-corrected chi connectivity index (χ2v) is 22.4. The fourth-order valence-electron chi connectivity index (χ4n) is 9.45. The monoisotopic (exact) mass is 1150 g/mol. The van der Waals surface area contributed by atoms with Gasteiger partial charge in [-0.1, -0.05) is 101 Å². The second kappa shape index (κ2) is 23.9. The number of hydrogen-bond acceptors (Lipinski definition) is 12. The molecule has 6 aromatic heterocycles. The maximum absolute atomic E-state index is 13.3. The van der Waals surface area contributed by atoms with E-state index in [2.05, 4.69) is 71.6 Å². The van der Waals surface area contributed by atoms with Crippen LogP contribution in [-0.4, -0.2) is 62.7 Å². The summed E-state index contributed by atoms with van der Waals surface area (Å²) in [5.41, 5.74) is 12.4. The van der Waals surface area contributed by atoms with Crippen molar-refractivity contribution < 1.29 is 9.59 Å². The van der Waals surface area contributed by atoms with E-state index < -0.39 is 12.1 Å². The zero-order valence-corrected chi connectivity index (χ0v) is 48.4. The van der Waals surface area contributed by atoms with E-state index in [1.54, 1.807) is 41.3 Å². The predicted molar refractivity (Wildman–Crippen MR) is 326 cm³/mol. The van der Waals surface area contributed by atoms with Gasteiger partial charge < -0.3 is 10.6 Å². The smallest absolute Gasteiger partial charge is 0.227 e. The van der Waals surface area contributed by atoms with Crippen molar-refractivity contribution in [1.82, 2.24) is 39.5 Å². The Hall–Kier alpha value is -9.16. The van der Waals surface area contributed by atoms with Gasteiger partial charge in [-0.2, -0.15) is 0 Å². The van der Waals surface area contributed by atoms with Gasteiger partial charge >= 0.3 is 0 Å². The first-order valence-electron chi connectivity index (χ1n) is 26.1. The van der Waals surface area contributed by atoms with Crippen molar-refractivity contribution in [2.75, 3.05) is 10.6 Å². The van der Waals surface area contributed by atoms with E-state index >= 15 is 0 Å². The molecule has 12 rings (SSSR count). The Kier molecular flexibility index (Phi) is 16.0. The van der Waals surface area contributed by atoms with Gasteiger partial charge in [-0.05, 0) is 137 Å². The Balaban J connectivity index is 0.000000172. The zero-order chi connectivity index (χ0) is 57.0. The van der Waals surface area contributed by atoms with Crippen molar-refractivity contribution >= 4 is 80.5 Å². The number of aryl methyl sites for hydroxylation is 4. The van der Waals surface area contributed by atoms with Crippen LogP contribution in [0.15, 0.2) is 156 Å². The number of nitrogens with one attached hydrogen (secondary N) is 2. The predicted octanol–water partition coefficient (Wildman–Crippen LogP) is 13.2. The molecule has 0 saturated heterocycles. The first-order valence-corrected chi connectivity index (χ1v) is 28.5. The van der Waals surface area contributed by atoms with E-state index in [9.17, 15) is 9.59 Å². The summed E-state index contributed by atoms with van der Waals surface area (Å²) in [7, 11) is 0. The minimum atomic E-state index is -0.561. The largest absolute Gasteiger partial charge is 0.326 e. The van der Waals surface area contributed by atoms with Crippen molar-refractivity contribution in [1.29, 1.82) is 0 Å². The van der Waals surface area contributed by atoms with Crippen molar-refractivity contribution in [3.05, 3.63) is 245 Å². The number of halogens is 2. The molecule has 2 aliphatic rings. The number of aromatic nitrogens is 8. The molecule has 404 valence electrons. The maximum atomic E-state index is 13.3. The van der Waals surface area contributed by atoms with Crippen LogP contribution in [-0.2, 0) is 9.59 Å². The summed E-state index contributed by atoms with van der Waals surface area (Å²) in [5.74, 6) is 15.4. The molecule has 0 saturated carbocycles. The summed E-state index contributed by atoms with van der Waals surface area (Å²) in [6, 6.07) is 39.0. The van der Waals surface area contributed by atoms with Crippen LogP contribution in [0.2, 0.25) is 10.0 Å². The third-order valence-electron chi connectivity index (χ3n) is 13.6. The Labute approximate surface area is 492 Å². The van der Waals surface area contributed by atoms with Gasteiger partial charge in [0.2, 0.25) is 11.8 Å². The molecular weight excluding hydrogens is 1100 g/mol. The molecular formula is C64H50Cl2N12O2S2. The summed E-state index contributed by atoms with van der Waals surface area (Å²) in [5, 5.41) is 26.9. The Morgan fingerprint density at radius 3 is 1.45 bits per heavy atom. The molecule has 2 aliphatic heterocycles. The average molecular weight is 1150 g/mol. The molecule has 0 unspecified atom stereocenters. The molecule has 8 heterocycles. The number of pyridine rings is 2. The standard InChI is InChI=1S/2C32H25ClN6OS/c1-19-6-13-25(14-7-19)35-28(40)17-26-31-38-37-21(3)39(31)32-29(30(36-26)23-9-11-24(33)12-10-23)20(2)27(41-32)15-8-22-5-4-16-34-18-22;1-19-7-13-25(14-8-19)35-28(40)18-26-31-38-37-21(3)39(31)32-29(30(36-26)22-9-11-23(33)12-10-22)20(2)27(41-32)16-15-24-6-4-5-17-34-24/h4-7,9-14,16,18,26H,17H2,1-3H3,(H,35,40);4-14,17,26H,18H2,1-3H3,(H,35,40)/t2*26-/m00/s1. The minimum absolute atomic E-state index is 0.101. The van der Waals surface area contributed by atoms with Crippen LogP contribution in [0.1, 0.15) is 114 Å². The lowest BCUT2D eigenvalue weighted by Gasteiger charge is -2.13. The lowest BCUT2D eigenvalue weighted by Crippen LogP contribution is -2.17. The van der Waals surface area contributed by atoms with Gasteiger partial charge in [-0.15, -0.1) is 43.1 Å². The summed E-state index contributed by atoms with van der Waals surface area (Å²) < 4.78 is 4.02. The highest BCUT2D eigenvalue weighted by atomic mass is 35.5. The molecule has 2 N–H and O–H groups in total. The van der Waals surface area contributed by atoms with Gasteiger partial charge in [-0.3, -0.25) is 33.7 Å². The Morgan fingerprint density at radius 1 is 0.537 bits per heavy atom. The first-order chi connectivity index (χ1) is 39.7. The molecule has 82 heavy (non-hydrogen) atoms. The van der Waals surface area contributed by atoms with Crippen molar-refractivity contribution in [2.24, 2.45) is 9.98 Å². The van der Waals surface area contributed by atoms with Crippen molar-refractivity contribution in [3.8, 4) is 33.7 Å². The van der Waals surface area contributed by atoms with Crippen LogP contribution in [0.4, 0.5) is 11.4 Å². The number of benzene rings is 4. The van der Waals surface area contributed by atoms with Crippen LogP contribution in [0.25, 0.3) is 10.0 Å². The summed E-state index contributed by atoms with van der Waals surface area (Å²) in [4.78, 5) is 47.2. The number of hydrogen-bond donors (Lipinski definition) is 2. The molecule has 0 aliphatic carbocycles. The molecule has 18 heteroatoms. The second-order valence-electron chi connectivity index (χ2n) is 19.5. The maximum Gasteiger partial charge on any atom is 0.227 e. The number of carbonyl (C=O) groups is 2. The Bertz CT molecular complexity index is 3960. The van der Waals surface area contributed by atoms with E-state index in [4.69, 9.17) is 33.2 Å². The van der Waals surface area contributed by atoms with E-state index in [1.165, 1.54) is 0 Å². The Morgan fingerprint density at radius 2 is 1.01 bits per heavy atom. The van der Waals surface area contributed by atoms with Crippen LogP contribution < -0.4 is 10.6 Å². The topological polar surface area (TPSA) is 170 Å². The molecule has 2 atom stereocenters. The van der Waals surface area contributed by atoms with Gasteiger partial charge in [0.15, 0.2) is 11.6 Å². The number of aliphatic imine (C=N–C) groups is 2. The summed E-state index contributed by atoms with van der Waals surface area (Å²) in [6.45, 7) is 11.9. The number of nitrogens with zero attached hydrogens (tertiary/aromatic N) is 10. The highest BCUT2D eigenvalue weighted by molar-refractivity contribution is 7.16. The minimum Gasteiger partial charge on any atom is -0.326 e. The third-order valence-corrected chi connectivity index (χ3v) is 16.5. The van der Waals surface area contributed by atoms with E-state index in [0.29, 0.717) is 39.0 Å². The fraction of sp³-hybridized carbons (Fsp3) is 0.156. The van der Waals surface area contributed by atoms with Crippen molar-refractivity contribution in [2.45, 2.75) is 66.5 Å². The van der Waals surface area contributed by atoms with Crippen LogP contribution >= 0.6 is 45.9 Å². The number of rotatable bonds is 8. The molecule has 0 fully saturated rings. The summed E-state index contributed by atoms with van der Waals surface area (Å²) in [6.07, 6.45) is 5.41. The van der Waals surface area contributed by atoms with E-state index in [1.807, 2.05) is 171 Å². The first kappa shape index (κ1) is 54.8. The lowest BCUT2D eigenvalue weighted by atomic mass is 9.99. The van der Waals surface area contributed by atoms with Gasteiger partial charge in [0.05, 0.1) is 34.0 Å². The zero-order valence-electron chi connectivity index (χ0n) is 45.3. The molecule has 10 aromatic rings. The fourth-order valence-corrected chi connectivity index (χ4v) is 12.1. The van der Waals surface area contributed by atoms with Gasteiger partial charge in [0.1, 0.15) is 39.4 Å². The van der Waals surface area contributed by atoms with Crippen LogP contribution in [0.5, 0.6) is 0 Å². The quantitative estimate of drug-likeness (QED) is 0.142. The van der Waals surface area contributed by atoms with E-state index in [0.717, 1.165) is 92.6 Å². The molecule has 0 bridgehead atoms. The highest BCUT2D eigenvalue weighted by Gasteiger charge is 2.35. The molecule has 4 aromatic carbocycles. The van der Waals surface area contributed by atoms with Gasteiger partial charge in [0, 0.05) is 67.8 Å². The molecule has 0 radical (unpaired) electrons. The normalized spacial score (nSPS) is 13.8. The van der Waals surface area contributed by atoms with Crippen LogP contribution in [0.3, 0.4) is 0 Å². The van der Waals surface area contributed by atoms with E-state index in [-0.39, 0.29) is 24.7 Å². The molecule has 0 spiro atoms. The number of fused-ring (bicyclic) bond motifs is 6. The number of thiophene rings is 2. The SMILES string of the molecule is Cc1ccc(NC(=O)C[C@@H]2N=C(c3ccc(Cl)cc3)c3c(sc(C#Cc4ccccn4)c3C)-n3c(C)nnc32)cc1.Cc1ccc(NC(=O)C[C@@H]2N=C(c3ccc(Cl)cc3)c3c(sc(C#Cc4cccnc4)c3C)-n3c(C)nnc32)cc1. The number of amides is 2. The molecule has 2 amide bonds.